The summed E-state index contributed by atoms with van der Waals surface area (Å²) in [6.45, 7) is 6.72. The molecule has 1 aliphatic rings. The Labute approximate surface area is 175 Å². The maximum Gasteiger partial charge on any atom is 0.274 e. The van der Waals surface area contributed by atoms with E-state index in [0.717, 1.165) is 12.8 Å². The summed E-state index contributed by atoms with van der Waals surface area (Å²) in [6, 6.07) is 2.78. The lowest BCUT2D eigenvalue weighted by atomic mass is 10.3. The van der Waals surface area contributed by atoms with Crippen LogP contribution in [0, 0.1) is 13.8 Å². The van der Waals surface area contributed by atoms with E-state index in [0.29, 0.717) is 31.7 Å². The van der Waals surface area contributed by atoms with Crippen LogP contribution in [-0.4, -0.2) is 64.6 Å². The lowest BCUT2D eigenvalue weighted by molar-refractivity contribution is 0.0755. The van der Waals surface area contributed by atoms with Crippen molar-refractivity contribution in [1.29, 1.82) is 0 Å². The lowest BCUT2D eigenvalue weighted by Gasteiger charge is -2.21. The van der Waals surface area contributed by atoms with E-state index in [1.165, 1.54) is 21.1 Å². The van der Waals surface area contributed by atoms with Crippen LogP contribution in [0.3, 0.4) is 0 Å². The zero-order valence-corrected chi connectivity index (χ0v) is 18.3. The van der Waals surface area contributed by atoms with Crippen molar-refractivity contribution >= 4 is 15.9 Å². The van der Waals surface area contributed by atoms with Gasteiger partial charge in [-0.2, -0.15) is 9.40 Å². The van der Waals surface area contributed by atoms with Crippen molar-refractivity contribution in [3.63, 3.8) is 0 Å². The summed E-state index contributed by atoms with van der Waals surface area (Å²) in [5.41, 5.74) is 0.267. The smallest absolute Gasteiger partial charge is 0.274 e. The number of unbranched alkanes of at least 4 members (excludes halogenated alkanes) is 1. The molecule has 3 heterocycles. The minimum atomic E-state index is -3.76. The monoisotopic (exact) mass is 437 g/mol. The molecule has 11 heteroatoms. The molecule has 1 saturated heterocycles. The standard InChI is InChI=1S/C19H27N5O5S/c1-4-5-11-24-17(25)8-7-16(20-24)19(26)22-9-6-10-23(13-12-22)30(27,28)18-14(2)21-29-15(18)3/h7-8H,4-6,9-13H2,1-3H3. The lowest BCUT2D eigenvalue weighted by Crippen LogP contribution is -2.38. The number of carbonyl (C=O) groups excluding carboxylic acids is 1. The number of hydrogen-bond acceptors (Lipinski definition) is 7. The molecule has 1 fully saturated rings. The van der Waals surface area contributed by atoms with Crippen LogP contribution in [0.15, 0.2) is 26.3 Å². The topological polar surface area (TPSA) is 119 Å². The third-order valence-corrected chi connectivity index (χ3v) is 7.26. The van der Waals surface area contributed by atoms with Gasteiger partial charge in [0.15, 0.2) is 5.76 Å². The van der Waals surface area contributed by atoms with Gasteiger partial charge in [0, 0.05) is 38.8 Å². The van der Waals surface area contributed by atoms with E-state index < -0.39 is 10.0 Å². The largest absolute Gasteiger partial charge is 0.360 e. The summed E-state index contributed by atoms with van der Waals surface area (Å²) >= 11 is 0. The van der Waals surface area contributed by atoms with Gasteiger partial charge in [-0.15, -0.1) is 0 Å². The molecule has 10 nitrogen and oxygen atoms in total. The van der Waals surface area contributed by atoms with Crippen molar-refractivity contribution in [1.82, 2.24) is 24.1 Å². The highest BCUT2D eigenvalue weighted by atomic mass is 32.2. The number of aryl methyl sites for hydroxylation is 3. The van der Waals surface area contributed by atoms with Crippen LogP contribution in [-0.2, 0) is 16.6 Å². The predicted molar refractivity (Wildman–Crippen MR) is 109 cm³/mol. The van der Waals surface area contributed by atoms with Gasteiger partial charge in [0.2, 0.25) is 10.0 Å². The summed E-state index contributed by atoms with van der Waals surface area (Å²) in [7, 11) is -3.76. The Morgan fingerprint density at radius 3 is 2.60 bits per heavy atom. The van der Waals surface area contributed by atoms with Crippen LogP contribution < -0.4 is 5.56 Å². The number of hydrogen-bond donors (Lipinski definition) is 0. The molecule has 0 atom stereocenters. The fourth-order valence-corrected chi connectivity index (χ4v) is 5.26. The molecule has 0 aliphatic carbocycles. The third-order valence-electron chi connectivity index (χ3n) is 5.12. The summed E-state index contributed by atoms with van der Waals surface area (Å²) in [5.74, 6) is -0.0555. The summed E-state index contributed by atoms with van der Waals surface area (Å²) in [4.78, 5) is 26.6. The van der Waals surface area contributed by atoms with Crippen LogP contribution in [0.25, 0.3) is 0 Å². The van der Waals surface area contributed by atoms with Crippen LogP contribution in [0.2, 0.25) is 0 Å². The van der Waals surface area contributed by atoms with Gasteiger partial charge in [-0.05, 0) is 32.8 Å². The zero-order valence-electron chi connectivity index (χ0n) is 17.5. The van der Waals surface area contributed by atoms with Gasteiger partial charge in [0.25, 0.3) is 11.5 Å². The second kappa shape index (κ2) is 9.09. The Hall–Kier alpha value is -2.53. The minimum Gasteiger partial charge on any atom is -0.360 e. The molecule has 0 N–H and O–H groups in total. The molecule has 1 amide bonds. The predicted octanol–water partition coefficient (Wildman–Crippen LogP) is 1.19. The quantitative estimate of drug-likeness (QED) is 0.666. The number of rotatable bonds is 6. The highest BCUT2D eigenvalue weighted by molar-refractivity contribution is 7.89. The maximum absolute atomic E-state index is 13.0. The number of nitrogens with zero attached hydrogens (tertiary/aromatic N) is 5. The molecule has 0 spiro atoms. The Morgan fingerprint density at radius 1 is 1.17 bits per heavy atom. The van der Waals surface area contributed by atoms with E-state index >= 15 is 0 Å². The maximum atomic E-state index is 13.0. The van der Waals surface area contributed by atoms with Crippen LogP contribution in [0.4, 0.5) is 0 Å². The zero-order chi connectivity index (χ0) is 21.9. The number of sulfonamides is 1. The van der Waals surface area contributed by atoms with E-state index in [1.807, 2.05) is 6.92 Å². The van der Waals surface area contributed by atoms with Crippen molar-refractivity contribution in [3.8, 4) is 0 Å². The van der Waals surface area contributed by atoms with Gasteiger partial charge < -0.3 is 9.42 Å². The first-order chi connectivity index (χ1) is 14.3. The molecule has 2 aromatic heterocycles. The van der Waals surface area contributed by atoms with Gasteiger partial charge in [0.05, 0.1) is 0 Å². The molecule has 1 aliphatic heterocycles. The average molecular weight is 438 g/mol. The van der Waals surface area contributed by atoms with E-state index in [-0.39, 0.29) is 40.9 Å². The second-order valence-corrected chi connectivity index (χ2v) is 9.21. The van der Waals surface area contributed by atoms with E-state index in [4.69, 9.17) is 4.52 Å². The molecule has 2 aromatic rings. The third kappa shape index (κ3) is 4.46. The highest BCUT2D eigenvalue weighted by Crippen LogP contribution is 2.24. The molecular formula is C19H27N5O5S. The van der Waals surface area contributed by atoms with Gasteiger partial charge in [0.1, 0.15) is 16.3 Å². The van der Waals surface area contributed by atoms with E-state index in [1.54, 1.807) is 18.7 Å². The first-order valence-electron chi connectivity index (χ1n) is 10.1. The first kappa shape index (κ1) is 22.2. The Balaban J connectivity index is 1.75. The van der Waals surface area contributed by atoms with Gasteiger partial charge >= 0.3 is 0 Å². The Kier molecular flexibility index (Phi) is 6.71. The number of aromatic nitrogens is 3. The Bertz CT molecular complexity index is 1060. The fourth-order valence-electron chi connectivity index (χ4n) is 3.50. The minimum absolute atomic E-state index is 0.0898. The number of amides is 1. The van der Waals surface area contributed by atoms with Crippen LogP contribution >= 0.6 is 0 Å². The van der Waals surface area contributed by atoms with Crippen molar-refractivity contribution < 1.29 is 17.7 Å². The van der Waals surface area contributed by atoms with Crippen LogP contribution in [0.5, 0.6) is 0 Å². The molecule has 30 heavy (non-hydrogen) atoms. The van der Waals surface area contributed by atoms with Gasteiger partial charge in [-0.1, -0.05) is 18.5 Å². The first-order valence-corrected chi connectivity index (χ1v) is 11.5. The molecule has 3 rings (SSSR count). The number of carbonyl (C=O) groups is 1. The molecule has 0 unspecified atom stereocenters. The molecule has 0 radical (unpaired) electrons. The van der Waals surface area contributed by atoms with Crippen molar-refractivity contribution in [2.24, 2.45) is 0 Å². The molecule has 0 aromatic carbocycles. The average Bonchev–Trinajstić information content (AvgIpc) is 2.92. The summed E-state index contributed by atoms with van der Waals surface area (Å²) < 4.78 is 33.8. The molecular weight excluding hydrogens is 410 g/mol. The molecule has 164 valence electrons. The van der Waals surface area contributed by atoms with Gasteiger partial charge in [-0.25, -0.2) is 13.1 Å². The van der Waals surface area contributed by atoms with Crippen molar-refractivity contribution in [2.75, 3.05) is 26.2 Å². The summed E-state index contributed by atoms with van der Waals surface area (Å²) in [6.07, 6.45) is 2.19. The fraction of sp³-hybridized carbons (Fsp3) is 0.579. The molecule has 0 bridgehead atoms. The SMILES string of the molecule is CCCCn1nc(C(=O)N2CCCN(S(=O)(=O)c3c(C)noc3C)CC2)ccc1=O. The van der Waals surface area contributed by atoms with Crippen LogP contribution in [0.1, 0.15) is 48.1 Å². The van der Waals surface area contributed by atoms with Gasteiger partial charge in [-0.3, -0.25) is 9.59 Å². The second-order valence-electron chi connectivity index (χ2n) is 7.34. The molecule has 0 saturated carbocycles. The van der Waals surface area contributed by atoms with Crippen molar-refractivity contribution in [2.45, 2.75) is 51.5 Å². The highest BCUT2D eigenvalue weighted by Gasteiger charge is 2.33. The Morgan fingerprint density at radius 2 is 1.93 bits per heavy atom. The van der Waals surface area contributed by atoms with E-state index in [9.17, 15) is 18.0 Å². The van der Waals surface area contributed by atoms with Crippen molar-refractivity contribution in [3.05, 3.63) is 39.6 Å². The summed E-state index contributed by atoms with van der Waals surface area (Å²) in [5, 5.41) is 7.95. The van der Waals surface area contributed by atoms with E-state index in [2.05, 4.69) is 10.3 Å². The normalized spacial score (nSPS) is 15.9.